The van der Waals surface area contributed by atoms with Crippen molar-refractivity contribution >= 4 is 28.3 Å². The molecule has 2 aromatic rings. The molecule has 0 fully saturated rings. The first kappa shape index (κ1) is 20.2. The molecule has 2 N–H and O–H groups in total. The molecule has 0 radical (unpaired) electrons. The smallest absolute Gasteiger partial charge is 0.348 e. The lowest BCUT2D eigenvalue weighted by Gasteiger charge is -2.14. The van der Waals surface area contributed by atoms with Crippen molar-refractivity contribution in [2.24, 2.45) is 0 Å². The SMILES string of the molecule is CCOC(=O)c1sc(N)c(C#N)c1COC(=O)[C@H](C)Oc1ccc(F)cc1. The molecule has 0 bridgehead atoms. The molecule has 1 aromatic carbocycles. The highest BCUT2D eigenvalue weighted by molar-refractivity contribution is 7.18. The third-order valence-corrected chi connectivity index (χ3v) is 4.47. The molecule has 2 rings (SSSR count). The summed E-state index contributed by atoms with van der Waals surface area (Å²) in [5.74, 6) is -1.49. The second-order valence-electron chi connectivity index (χ2n) is 5.30. The van der Waals surface area contributed by atoms with E-state index in [2.05, 4.69) is 0 Å². The molecule has 0 unspecified atom stereocenters. The van der Waals surface area contributed by atoms with E-state index in [1.165, 1.54) is 31.2 Å². The normalized spacial score (nSPS) is 11.3. The van der Waals surface area contributed by atoms with Crippen LogP contribution in [0.5, 0.6) is 5.75 Å². The van der Waals surface area contributed by atoms with Crippen molar-refractivity contribution in [1.29, 1.82) is 5.26 Å². The Kier molecular flexibility index (Phi) is 6.73. The van der Waals surface area contributed by atoms with Gasteiger partial charge in [-0.2, -0.15) is 5.26 Å². The summed E-state index contributed by atoms with van der Waals surface area (Å²) in [6.07, 6.45) is -0.983. The van der Waals surface area contributed by atoms with Crippen LogP contribution in [0.1, 0.15) is 34.6 Å². The quantitative estimate of drug-likeness (QED) is 0.721. The van der Waals surface area contributed by atoms with Gasteiger partial charge in [-0.25, -0.2) is 14.0 Å². The van der Waals surface area contributed by atoms with Gasteiger partial charge in [0.1, 0.15) is 34.1 Å². The number of nitrogen functional groups attached to an aromatic ring is 1. The van der Waals surface area contributed by atoms with Crippen molar-refractivity contribution in [3.05, 3.63) is 46.1 Å². The Balaban J connectivity index is 2.08. The molecule has 9 heteroatoms. The van der Waals surface area contributed by atoms with Crippen LogP contribution in [-0.2, 0) is 20.9 Å². The molecule has 142 valence electrons. The molecule has 7 nitrogen and oxygen atoms in total. The van der Waals surface area contributed by atoms with Crippen molar-refractivity contribution in [3.8, 4) is 11.8 Å². The van der Waals surface area contributed by atoms with Crippen molar-refractivity contribution in [1.82, 2.24) is 0 Å². The van der Waals surface area contributed by atoms with Crippen molar-refractivity contribution in [2.45, 2.75) is 26.6 Å². The average Bonchev–Trinajstić information content (AvgIpc) is 2.97. The maximum Gasteiger partial charge on any atom is 0.348 e. The zero-order chi connectivity index (χ0) is 20.0. The molecule has 0 spiro atoms. The highest BCUT2D eigenvalue weighted by Crippen LogP contribution is 2.32. The fourth-order valence-electron chi connectivity index (χ4n) is 2.13. The van der Waals surface area contributed by atoms with E-state index >= 15 is 0 Å². The number of benzene rings is 1. The number of nitriles is 1. The topological polar surface area (TPSA) is 112 Å². The molecule has 1 aromatic heterocycles. The van der Waals surface area contributed by atoms with E-state index in [9.17, 15) is 19.2 Å². The highest BCUT2D eigenvalue weighted by atomic mass is 32.1. The maximum atomic E-state index is 12.9. The van der Waals surface area contributed by atoms with E-state index in [0.29, 0.717) is 5.75 Å². The van der Waals surface area contributed by atoms with E-state index in [-0.39, 0.29) is 34.2 Å². The van der Waals surface area contributed by atoms with Crippen LogP contribution >= 0.6 is 11.3 Å². The van der Waals surface area contributed by atoms with Gasteiger partial charge in [-0.1, -0.05) is 0 Å². The lowest BCUT2D eigenvalue weighted by molar-refractivity contribution is -0.152. The molecular weight excluding hydrogens is 375 g/mol. The van der Waals surface area contributed by atoms with Crippen LogP contribution in [0.25, 0.3) is 0 Å². The summed E-state index contributed by atoms with van der Waals surface area (Å²) in [6, 6.07) is 7.06. The number of hydrogen-bond donors (Lipinski definition) is 1. The van der Waals surface area contributed by atoms with Gasteiger partial charge in [-0.3, -0.25) is 0 Å². The third kappa shape index (κ3) is 4.95. The van der Waals surface area contributed by atoms with Crippen LogP contribution in [0.2, 0.25) is 0 Å². The fourth-order valence-corrected chi connectivity index (χ4v) is 3.05. The zero-order valence-electron chi connectivity index (χ0n) is 14.7. The highest BCUT2D eigenvalue weighted by Gasteiger charge is 2.25. The summed E-state index contributed by atoms with van der Waals surface area (Å²) in [6.45, 7) is 2.93. The van der Waals surface area contributed by atoms with Gasteiger partial charge in [0, 0.05) is 5.56 Å². The van der Waals surface area contributed by atoms with Gasteiger partial charge in [0.15, 0.2) is 6.10 Å². The summed E-state index contributed by atoms with van der Waals surface area (Å²) in [7, 11) is 0. The van der Waals surface area contributed by atoms with Gasteiger partial charge in [0.25, 0.3) is 0 Å². The lowest BCUT2D eigenvalue weighted by Crippen LogP contribution is -2.26. The number of nitrogens with two attached hydrogens (primary N) is 1. The fraction of sp³-hybridized carbons (Fsp3) is 0.278. The predicted molar refractivity (Wildman–Crippen MR) is 95.7 cm³/mol. The minimum Gasteiger partial charge on any atom is -0.479 e. The Bertz CT molecular complexity index is 873. The Morgan fingerprint density at radius 2 is 1.96 bits per heavy atom. The first-order chi connectivity index (χ1) is 12.9. The van der Waals surface area contributed by atoms with Crippen LogP contribution in [0, 0.1) is 17.1 Å². The minimum absolute atomic E-state index is 0.0722. The largest absolute Gasteiger partial charge is 0.479 e. The van der Waals surface area contributed by atoms with Crippen LogP contribution in [0.3, 0.4) is 0 Å². The number of halogens is 1. The number of carbonyl (C=O) groups is 2. The van der Waals surface area contributed by atoms with E-state index in [4.69, 9.17) is 19.9 Å². The number of anilines is 1. The van der Waals surface area contributed by atoms with Gasteiger partial charge in [-0.15, -0.1) is 11.3 Å². The van der Waals surface area contributed by atoms with E-state index in [1.54, 1.807) is 6.92 Å². The number of hydrogen-bond acceptors (Lipinski definition) is 8. The lowest BCUT2D eigenvalue weighted by atomic mass is 10.1. The second kappa shape index (κ2) is 9.00. The summed E-state index contributed by atoms with van der Waals surface area (Å²) >= 11 is 0.900. The molecule has 0 aliphatic heterocycles. The molecule has 0 aliphatic carbocycles. The number of ether oxygens (including phenoxy) is 3. The first-order valence-electron chi connectivity index (χ1n) is 7.94. The summed E-state index contributed by atoms with van der Waals surface area (Å²) in [5.41, 5.74) is 6.03. The number of carbonyl (C=O) groups excluding carboxylic acids is 2. The third-order valence-electron chi connectivity index (χ3n) is 3.42. The molecular formula is C18H17FN2O5S. The van der Waals surface area contributed by atoms with Crippen LogP contribution in [-0.4, -0.2) is 24.6 Å². The van der Waals surface area contributed by atoms with Crippen molar-refractivity contribution in [2.75, 3.05) is 12.3 Å². The Morgan fingerprint density at radius 3 is 2.56 bits per heavy atom. The average molecular weight is 392 g/mol. The maximum absolute atomic E-state index is 12.9. The van der Waals surface area contributed by atoms with Gasteiger partial charge < -0.3 is 19.9 Å². The summed E-state index contributed by atoms with van der Waals surface area (Å²) < 4.78 is 28.4. The van der Waals surface area contributed by atoms with Crippen LogP contribution < -0.4 is 10.5 Å². The molecule has 1 heterocycles. The first-order valence-corrected chi connectivity index (χ1v) is 8.76. The van der Waals surface area contributed by atoms with Crippen molar-refractivity contribution < 1.29 is 28.2 Å². The number of thiophene rings is 1. The number of esters is 2. The zero-order valence-corrected chi connectivity index (χ0v) is 15.5. The molecule has 0 amide bonds. The Labute approximate surface area is 159 Å². The number of nitrogens with zero attached hydrogens (tertiary/aromatic N) is 1. The van der Waals surface area contributed by atoms with Crippen LogP contribution in [0.4, 0.5) is 9.39 Å². The molecule has 27 heavy (non-hydrogen) atoms. The molecule has 0 aliphatic rings. The summed E-state index contributed by atoms with van der Waals surface area (Å²) in [4.78, 5) is 24.3. The monoisotopic (exact) mass is 392 g/mol. The number of rotatable bonds is 7. The van der Waals surface area contributed by atoms with Gasteiger partial charge in [0.05, 0.1) is 12.2 Å². The van der Waals surface area contributed by atoms with Gasteiger partial charge in [-0.05, 0) is 38.1 Å². The van der Waals surface area contributed by atoms with Crippen LogP contribution in [0.15, 0.2) is 24.3 Å². The van der Waals surface area contributed by atoms with Gasteiger partial charge in [0.2, 0.25) is 0 Å². The van der Waals surface area contributed by atoms with E-state index in [0.717, 1.165) is 11.3 Å². The van der Waals surface area contributed by atoms with E-state index in [1.807, 2.05) is 6.07 Å². The Hall–Kier alpha value is -3.12. The second-order valence-corrected chi connectivity index (χ2v) is 6.36. The summed E-state index contributed by atoms with van der Waals surface area (Å²) in [5, 5.41) is 9.39. The van der Waals surface area contributed by atoms with E-state index < -0.39 is 23.9 Å². The standard InChI is InChI=1S/C18H17FN2O5S/c1-3-24-18(23)15-14(13(8-20)16(21)27-15)9-25-17(22)10(2)26-12-6-4-11(19)5-7-12/h4-7,10H,3,9,21H2,1-2H3/t10-/m0/s1. The molecule has 0 saturated carbocycles. The molecule has 0 saturated heterocycles. The Morgan fingerprint density at radius 1 is 1.30 bits per heavy atom. The minimum atomic E-state index is -0.983. The van der Waals surface area contributed by atoms with Crippen molar-refractivity contribution in [3.63, 3.8) is 0 Å². The van der Waals surface area contributed by atoms with Gasteiger partial charge >= 0.3 is 11.9 Å². The predicted octanol–water partition coefficient (Wildman–Crippen LogP) is 3.03. The molecule has 1 atom stereocenters.